The molecule has 2 aromatic carbocycles. The van der Waals surface area contributed by atoms with Crippen molar-refractivity contribution in [3.63, 3.8) is 0 Å². The number of nitrogens with one attached hydrogen (secondary N) is 1. The number of methoxy groups -OCH3 is 2. The number of hydrogen-bond donors (Lipinski definition) is 1. The van der Waals surface area contributed by atoms with E-state index in [-0.39, 0.29) is 31.9 Å². The summed E-state index contributed by atoms with van der Waals surface area (Å²) < 4.78 is 16.4. The summed E-state index contributed by atoms with van der Waals surface area (Å²) in [4.78, 5) is 12.4. The molecule has 0 atom stereocenters. The SMILES string of the molecule is COC1(OC)NC(=O)c2c(Cl)c(Oc3ccc(C)cc3)c(Cl)c(Cl)c21. The van der Waals surface area contributed by atoms with E-state index < -0.39 is 11.8 Å². The summed E-state index contributed by atoms with van der Waals surface area (Å²) in [5, 5.41) is 2.72. The van der Waals surface area contributed by atoms with Crippen LogP contribution in [0.15, 0.2) is 24.3 Å². The number of aryl methyl sites for hydroxylation is 1. The minimum absolute atomic E-state index is 0.0263. The van der Waals surface area contributed by atoms with Gasteiger partial charge in [-0.05, 0) is 19.1 Å². The van der Waals surface area contributed by atoms with Gasteiger partial charge in [0, 0.05) is 14.2 Å². The smallest absolute Gasteiger partial charge is 0.282 e. The summed E-state index contributed by atoms with van der Waals surface area (Å²) in [6.07, 6.45) is 0. The van der Waals surface area contributed by atoms with Crippen molar-refractivity contribution in [3.05, 3.63) is 56.0 Å². The Morgan fingerprint density at radius 2 is 1.56 bits per heavy atom. The molecule has 0 saturated heterocycles. The number of benzene rings is 2. The van der Waals surface area contributed by atoms with Gasteiger partial charge in [0.1, 0.15) is 10.8 Å². The fourth-order valence-corrected chi connectivity index (χ4v) is 3.53. The highest BCUT2D eigenvalue weighted by Gasteiger charge is 2.49. The van der Waals surface area contributed by atoms with E-state index >= 15 is 0 Å². The van der Waals surface area contributed by atoms with Crippen LogP contribution < -0.4 is 10.1 Å². The predicted molar refractivity (Wildman–Crippen MR) is 95.9 cm³/mol. The number of rotatable bonds is 4. The van der Waals surface area contributed by atoms with Crippen LogP contribution in [0.25, 0.3) is 0 Å². The Morgan fingerprint density at radius 3 is 2.12 bits per heavy atom. The molecule has 0 aliphatic carbocycles. The number of ether oxygens (including phenoxy) is 3. The molecule has 0 unspecified atom stereocenters. The lowest BCUT2D eigenvalue weighted by Crippen LogP contribution is -2.42. The number of amides is 1. The maximum atomic E-state index is 12.4. The Balaban J connectivity index is 2.18. The third-order valence-electron chi connectivity index (χ3n) is 3.93. The van der Waals surface area contributed by atoms with Crippen LogP contribution in [0.1, 0.15) is 21.5 Å². The third kappa shape index (κ3) is 2.86. The van der Waals surface area contributed by atoms with Gasteiger partial charge in [-0.2, -0.15) is 0 Å². The number of carbonyl (C=O) groups excluding carboxylic acids is 1. The highest BCUT2D eigenvalue weighted by atomic mass is 35.5. The standard InChI is InChI=1S/C17H14Cl3NO4/c1-8-4-6-9(7-5-8)25-15-12(18)10-11(13(19)14(15)20)17(23-2,24-3)21-16(10)22/h4-7H,1-3H3,(H,21,22). The fourth-order valence-electron chi connectivity index (χ4n) is 2.64. The van der Waals surface area contributed by atoms with Crippen molar-refractivity contribution < 1.29 is 19.0 Å². The molecule has 0 bridgehead atoms. The van der Waals surface area contributed by atoms with Gasteiger partial charge in [0.05, 0.1) is 21.2 Å². The number of carbonyl (C=O) groups is 1. The minimum atomic E-state index is -1.56. The van der Waals surface area contributed by atoms with Crippen LogP contribution in [-0.2, 0) is 15.4 Å². The molecule has 0 fully saturated rings. The molecular weight excluding hydrogens is 389 g/mol. The third-order valence-corrected chi connectivity index (χ3v) is 5.13. The molecule has 0 aromatic heterocycles. The molecule has 0 radical (unpaired) electrons. The summed E-state index contributed by atoms with van der Waals surface area (Å²) in [6, 6.07) is 7.27. The van der Waals surface area contributed by atoms with E-state index in [0.29, 0.717) is 5.75 Å². The zero-order valence-corrected chi connectivity index (χ0v) is 15.8. The van der Waals surface area contributed by atoms with Crippen LogP contribution in [0.3, 0.4) is 0 Å². The number of hydrogen-bond acceptors (Lipinski definition) is 4. The van der Waals surface area contributed by atoms with E-state index in [1.165, 1.54) is 14.2 Å². The maximum Gasteiger partial charge on any atom is 0.282 e. The van der Waals surface area contributed by atoms with E-state index in [2.05, 4.69) is 5.32 Å². The van der Waals surface area contributed by atoms with Crippen LogP contribution in [0, 0.1) is 6.92 Å². The Kier molecular flexibility index (Phi) is 4.88. The molecule has 5 nitrogen and oxygen atoms in total. The summed E-state index contributed by atoms with van der Waals surface area (Å²) in [7, 11) is 2.74. The van der Waals surface area contributed by atoms with Gasteiger partial charge in [0.15, 0.2) is 5.75 Å². The van der Waals surface area contributed by atoms with Crippen molar-refractivity contribution in [3.8, 4) is 11.5 Å². The second kappa shape index (κ2) is 6.67. The summed E-state index contributed by atoms with van der Waals surface area (Å²) in [6.45, 7) is 1.95. The largest absolute Gasteiger partial charge is 0.454 e. The first-order valence-electron chi connectivity index (χ1n) is 7.23. The predicted octanol–water partition coefficient (Wildman–Crippen LogP) is 4.89. The molecular formula is C17H14Cl3NO4. The van der Waals surface area contributed by atoms with Gasteiger partial charge in [-0.25, -0.2) is 0 Å². The first kappa shape index (κ1) is 18.3. The zero-order chi connectivity index (χ0) is 18.4. The number of halogens is 3. The Labute approximate surface area is 159 Å². The average Bonchev–Trinajstić information content (AvgIpc) is 2.91. The molecule has 0 spiro atoms. The van der Waals surface area contributed by atoms with Crippen LogP contribution in [-0.4, -0.2) is 20.1 Å². The Bertz CT molecular complexity index is 848. The molecule has 25 heavy (non-hydrogen) atoms. The monoisotopic (exact) mass is 401 g/mol. The second-order valence-electron chi connectivity index (χ2n) is 5.42. The summed E-state index contributed by atoms with van der Waals surface area (Å²) >= 11 is 19.2. The second-order valence-corrected chi connectivity index (χ2v) is 6.55. The van der Waals surface area contributed by atoms with E-state index in [1.807, 2.05) is 19.1 Å². The Hall–Kier alpha value is -1.50. The van der Waals surface area contributed by atoms with Crippen molar-refractivity contribution >= 4 is 40.7 Å². The zero-order valence-electron chi connectivity index (χ0n) is 13.6. The quantitative estimate of drug-likeness (QED) is 0.584. The molecule has 132 valence electrons. The van der Waals surface area contributed by atoms with E-state index in [4.69, 9.17) is 49.0 Å². The van der Waals surface area contributed by atoms with Crippen LogP contribution in [0.4, 0.5) is 0 Å². The molecule has 3 rings (SSSR count). The normalized spacial score (nSPS) is 15.0. The van der Waals surface area contributed by atoms with E-state index in [0.717, 1.165) is 5.56 Å². The van der Waals surface area contributed by atoms with Gasteiger partial charge in [0.25, 0.3) is 11.8 Å². The summed E-state index contributed by atoms with van der Waals surface area (Å²) in [5.74, 6) is -1.46. The minimum Gasteiger partial charge on any atom is -0.454 e. The van der Waals surface area contributed by atoms with Gasteiger partial charge in [-0.1, -0.05) is 52.5 Å². The molecule has 1 amide bonds. The molecule has 1 N–H and O–H groups in total. The highest BCUT2D eigenvalue weighted by Crippen LogP contribution is 2.50. The van der Waals surface area contributed by atoms with Gasteiger partial charge >= 0.3 is 0 Å². The topological polar surface area (TPSA) is 56.8 Å². The fraction of sp³-hybridized carbons (Fsp3) is 0.235. The molecule has 1 aliphatic heterocycles. The average molecular weight is 403 g/mol. The molecule has 8 heteroatoms. The van der Waals surface area contributed by atoms with Crippen LogP contribution in [0.2, 0.25) is 15.1 Å². The van der Waals surface area contributed by atoms with Gasteiger partial charge in [-0.15, -0.1) is 0 Å². The van der Waals surface area contributed by atoms with Crippen molar-refractivity contribution in [1.82, 2.24) is 5.32 Å². The Morgan fingerprint density at radius 1 is 0.960 bits per heavy atom. The van der Waals surface area contributed by atoms with E-state index in [1.54, 1.807) is 12.1 Å². The highest BCUT2D eigenvalue weighted by molar-refractivity contribution is 6.47. The molecule has 2 aromatic rings. The lowest BCUT2D eigenvalue weighted by Gasteiger charge is -2.27. The van der Waals surface area contributed by atoms with Crippen LogP contribution in [0.5, 0.6) is 11.5 Å². The molecule has 1 heterocycles. The van der Waals surface area contributed by atoms with Crippen molar-refractivity contribution in [1.29, 1.82) is 0 Å². The molecule has 1 aliphatic rings. The number of fused-ring (bicyclic) bond motifs is 1. The van der Waals surface area contributed by atoms with Gasteiger partial charge in [-0.3, -0.25) is 10.1 Å². The molecule has 0 saturated carbocycles. The van der Waals surface area contributed by atoms with Crippen molar-refractivity contribution in [2.75, 3.05) is 14.2 Å². The van der Waals surface area contributed by atoms with Gasteiger partial charge < -0.3 is 14.2 Å². The van der Waals surface area contributed by atoms with Gasteiger partial charge in [0.2, 0.25) is 0 Å². The summed E-state index contributed by atoms with van der Waals surface area (Å²) in [5.41, 5.74) is 1.39. The van der Waals surface area contributed by atoms with Crippen LogP contribution >= 0.6 is 34.8 Å². The lowest BCUT2D eigenvalue weighted by molar-refractivity contribution is -0.225. The van der Waals surface area contributed by atoms with E-state index in [9.17, 15) is 4.79 Å². The van der Waals surface area contributed by atoms with Crippen molar-refractivity contribution in [2.24, 2.45) is 0 Å². The van der Waals surface area contributed by atoms with Crippen molar-refractivity contribution in [2.45, 2.75) is 12.8 Å². The first-order chi connectivity index (χ1) is 11.8. The lowest BCUT2D eigenvalue weighted by atomic mass is 10.1. The maximum absolute atomic E-state index is 12.4. The first-order valence-corrected chi connectivity index (χ1v) is 8.36.